The maximum atomic E-state index is 11.8. The number of aryl methyl sites for hydroxylation is 1. The SMILES string of the molecule is Cc1ccc(/C=C/C(=O)NC(C)(C)C(C)(C)O)s1. The number of carbonyl (C=O) groups is 1. The Hall–Kier alpha value is -1.13. The second-order valence-corrected chi connectivity index (χ2v) is 6.77. The molecule has 2 N–H and O–H groups in total. The van der Waals surface area contributed by atoms with Crippen molar-refractivity contribution >= 4 is 23.3 Å². The van der Waals surface area contributed by atoms with Crippen molar-refractivity contribution < 1.29 is 9.90 Å². The van der Waals surface area contributed by atoms with Gasteiger partial charge in [-0.25, -0.2) is 0 Å². The van der Waals surface area contributed by atoms with Crippen LogP contribution in [0.15, 0.2) is 18.2 Å². The Bertz CT molecular complexity index is 453. The second-order valence-electron chi connectivity index (χ2n) is 5.46. The number of hydrogen-bond acceptors (Lipinski definition) is 3. The molecule has 0 spiro atoms. The summed E-state index contributed by atoms with van der Waals surface area (Å²) in [6, 6.07) is 3.99. The van der Waals surface area contributed by atoms with Crippen LogP contribution >= 0.6 is 11.3 Å². The summed E-state index contributed by atoms with van der Waals surface area (Å²) in [5.74, 6) is -0.201. The lowest BCUT2D eigenvalue weighted by Crippen LogP contribution is -2.57. The number of nitrogens with one attached hydrogen (secondary N) is 1. The molecule has 18 heavy (non-hydrogen) atoms. The van der Waals surface area contributed by atoms with Gasteiger partial charge in [-0.2, -0.15) is 0 Å². The predicted molar refractivity (Wildman–Crippen MR) is 76.6 cm³/mol. The van der Waals surface area contributed by atoms with Crippen molar-refractivity contribution in [2.45, 2.75) is 45.8 Å². The fourth-order valence-corrected chi connectivity index (χ4v) is 1.98. The van der Waals surface area contributed by atoms with Crippen molar-refractivity contribution in [1.82, 2.24) is 5.32 Å². The van der Waals surface area contributed by atoms with Crippen molar-refractivity contribution in [3.8, 4) is 0 Å². The molecule has 0 aliphatic heterocycles. The maximum Gasteiger partial charge on any atom is 0.244 e. The van der Waals surface area contributed by atoms with E-state index >= 15 is 0 Å². The highest BCUT2D eigenvalue weighted by molar-refractivity contribution is 7.12. The number of rotatable bonds is 4. The second kappa shape index (κ2) is 5.24. The number of aliphatic hydroxyl groups is 1. The molecule has 0 fully saturated rings. The van der Waals surface area contributed by atoms with Crippen molar-refractivity contribution in [1.29, 1.82) is 0 Å². The summed E-state index contributed by atoms with van der Waals surface area (Å²) in [5.41, 5.74) is -1.66. The number of carbonyl (C=O) groups excluding carboxylic acids is 1. The van der Waals surface area contributed by atoms with Crippen LogP contribution in [-0.4, -0.2) is 22.2 Å². The summed E-state index contributed by atoms with van der Waals surface area (Å²) in [4.78, 5) is 14.0. The third-order valence-electron chi connectivity index (χ3n) is 3.13. The molecule has 0 aliphatic carbocycles. The van der Waals surface area contributed by atoms with Crippen LogP contribution < -0.4 is 5.32 Å². The standard InChI is InChI=1S/C14H21NO2S/c1-10-6-7-11(18-10)8-9-12(16)15-13(2,3)14(4,5)17/h6-9,17H,1-5H3,(H,15,16)/b9-8+. The third-order valence-corrected chi connectivity index (χ3v) is 4.09. The molecule has 0 atom stereocenters. The lowest BCUT2D eigenvalue weighted by atomic mass is 9.86. The van der Waals surface area contributed by atoms with Crippen LogP contribution in [0.3, 0.4) is 0 Å². The van der Waals surface area contributed by atoms with Gasteiger partial charge in [-0.15, -0.1) is 11.3 Å². The van der Waals surface area contributed by atoms with Crippen molar-refractivity contribution in [3.63, 3.8) is 0 Å². The van der Waals surface area contributed by atoms with Gasteiger partial charge in [0.2, 0.25) is 5.91 Å². The third kappa shape index (κ3) is 3.96. The predicted octanol–water partition coefficient (Wildman–Crippen LogP) is 2.74. The van der Waals surface area contributed by atoms with E-state index < -0.39 is 11.1 Å². The highest BCUT2D eigenvalue weighted by Gasteiger charge is 2.35. The molecule has 3 nitrogen and oxygen atoms in total. The van der Waals surface area contributed by atoms with Crippen LogP contribution in [0.25, 0.3) is 6.08 Å². The van der Waals surface area contributed by atoms with Gasteiger partial charge in [0.15, 0.2) is 0 Å². The molecule has 100 valence electrons. The van der Waals surface area contributed by atoms with Crippen molar-refractivity contribution in [3.05, 3.63) is 28.0 Å². The van der Waals surface area contributed by atoms with Crippen LogP contribution in [0.2, 0.25) is 0 Å². The van der Waals surface area contributed by atoms with E-state index in [-0.39, 0.29) is 5.91 Å². The molecule has 1 amide bonds. The van der Waals surface area contributed by atoms with E-state index in [2.05, 4.69) is 5.32 Å². The number of thiophene rings is 1. The van der Waals surface area contributed by atoms with Crippen molar-refractivity contribution in [2.24, 2.45) is 0 Å². The van der Waals surface area contributed by atoms with E-state index in [1.807, 2.05) is 19.1 Å². The van der Waals surface area contributed by atoms with Gasteiger partial charge in [0, 0.05) is 15.8 Å². The van der Waals surface area contributed by atoms with E-state index in [1.54, 1.807) is 45.1 Å². The Morgan fingerprint density at radius 1 is 1.33 bits per heavy atom. The van der Waals surface area contributed by atoms with E-state index in [1.165, 1.54) is 11.0 Å². The fourth-order valence-electron chi connectivity index (χ4n) is 1.20. The van der Waals surface area contributed by atoms with Crippen LogP contribution in [0.4, 0.5) is 0 Å². The molecule has 4 heteroatoms. The lowest BCUT2D eigenvalue weighted by Gasteiger charge is -2.37. The molecule has 0 bridgehead atoms. The molecule has 1 aromatic rings. The molecular formula is C14H21NO2S. The zero-order chi connectivity index (χ0) is 14.0. The van der Waals surface area contributed by atoms with Crippen LogP contribution in [-0.2, 0) is 4.79 Å². The van der Waals surface area contributed by atoms with Gasteiger partial charge < -0.3 is 10.4 Å². The van der Waals surface area contributed by atoms with Gasteiger partial charge in [0.05, 0.1) is 11.1 Å². The zero-order valence-electron chi connectivity index (χ0n) is 11.6. The van der Waals surface area contributed by atoms with Gasteiger partial charge in [0.25, 0.3) is 0 Å². The normalized spacial score (nSPS) is 13.0. The van der Waals surface area contributed by atoms with Gasteiger partial charge in [-0.3, -0.25) is 4.79 Å². The average molecular weight is 267 g/mol. The Labute approximate surface area is 113 Å². The van der Waals surface area contributed by atoms with Gasteiger partial charge >= 0.3 is 0 Å². The first-order chi connectivity index (χ1) is 8.12. The summed E-state index contributed by atoms with van der Waals surface area (Å²) >= 11 is 1.64. The molecule has 1 aromatic heterocycles. The van der Waals surface area contributed by atoms with Crippen LogP contribution in [0, 0.1) is 6.92 Å². The first-order valence-corrected chi connectivity index (χ1v) is 6.72. The summed E-state index contributed by atoms with van der Waals surface area (Å²) in [5, 5.41) is 12.7. The highest BCUT2D eigenvalue weighted by Crippen LogP contribution is 2.20. The summed E-state index contributed by atoms with van der Waals surface area (Å²) in [6.07, 6.45) is 3.28. The van der Waals surface area contributed by atoms with Crippen LogP contribution in [0.5, 0.6) is 0 Å². The van der Waals surface area contributed by atoms with Gasteiger partial charge in [0.1, 0.15) is 0 Å². The largest absolute Gasteiger partial charge is 0.388 e. The molecule has 1 rings (SSSR count). The Balaban J connectivity index is 2.65. The van der Waals surface area contributed by atoms with Gasteiger partial charge in [-0.05, 0) is 52.8 Å². The molecule has 0 unspecified atom stereocenters. The smallest absolute Gasteiger partial charge is 0.244 e. The first kappa shape index (κ1) is 14.9. The minimum Gasteiger partial charge on any atom is -0.388 e. The van der Waals surface area contributed by atoms with E-state index in [4.69, 9.17) is 0 Å². The molecule has 0 radical (unpaired) electrons. The lowest BCUT2D eigenvalue weighted by molar-refractivity contribution is -0.121. The summed E-state index contributed by atoms with van der Waals surface area (Å²) < 4.78 is 0. The van der Waals surface area contributed by atoms with E-state index in [0.717, 1.165) is 4.88 Å². The molecule has 0 aromatic carbocycles. The molecule has 1 heterocycles. The Kier molecular flexibility index (Phi) is 4.35. The Morgan fingerprint density at radius 3 is 2.39 bits per heavy atom. The van der Waals surface area contributed by atoms with Gasteiger partial charge in [-0.1, -0.05) is 0 Å². The summed E-state index contributed by atoms with van der Waals surface area (Å²) in [7, 11) is 0. The zero-order valence-corrected chi connectivity index (χ0v) is 12.4. The maximum absolute atomic E-state index is 11.8. The van der Waals surface area contributed by atoms with Crippen LogP contribution in [0.1, 0.15) is 37.4 Å². The highest BCUT2D eigenvalue weighted by atomic mass is 32.1. The molecule has 0 saturated carbocycles. The first-order valence-electron chi connectivity index (χ1n) is 5.91. The minimum absolute atomic E-state index is 0.201. The Morgan fingerprint density at radius 2 is 1.94 bits per heavy atom. The van der Waals surface area contributed by atoms with E-state index in [0.29, 0.717) is 0 Å². The summed E-state index contributed by atoms with van der Waals surface area (Å²) in [6.45, 7) is 8.99. The molecular weight excluding hydrogens is 246 g/mol. The molecule has 0 saturated heterocycles. The fraction of sp³-hybridized carbons (Fsp3) is 0.500. The molecule has 0 aliphatic rings. The van der Waals surface area contributed by atoms with E-state index in [9.17, 15) is 9.90 Å². The number of hydrogen-bond donors (Lipinski definition) is 2. The quantitative estimate of drug-likeness (QED) is 0.824. The number of amides is 1. The topological polar surface area (TPSA) is 49.3 Å². The van der Waals surface area contributed by atoms with Crippen molar-refractivity contribution in [2.75, 3.05) is 0 Å². The monoisotopic (exact) mass is 267 g/mol. The average Bonchev–Trinajstić information content (AvgIpc) is 2.59. The minimum atomic E-state index is -0.976.